The zero-order valence-corrected chi connectivity index (χ0v) is 20.8. The van der Waals surface area contributed by atoms with E-state index in [2.05, 4.69) is 22.1 Å². The number of para-hydroxylation sites is 1. The monoisotopic (exact) mass is 513 g/mol. The third kappa shape index (κ3) is 5.57. The van der Waals surface area contributed by atoms with Gasteiger partial charge in [0.05, 0.1) is 41.5 Å². The standard InChI is InChI=1S/C28H27N5O5/c1-18-24(32-28(35)36-17-23-11-12-25(34)38-23)16-33-27(18)26(20(13-29)15-31-33)30-14-19-7-9-22(10-8-19)37-21-5-3-2-4-6-21/h2-10,16,23,30-31H,11-12,14-15,17H2,1H3,(H,32,35). The average molecular weight is 514 g/mol. The number of carbonyl (C=O) groups is 2. The van der Waals surface area contributed by atoms with Crippen LogP contribution in [0.5, 0.6) is 11.5 Å². The number of carbonyl (C=O) groups excluding carboxylic acids is 2. The highest BCUT2D eigenvalue weighted by atomic mass is 16.6. The zero-order valence-electron chi connectivity index (χ0n) is 20.8. The van der Waals surface area contributed by atoms with E-state index in [-0.39, 0.29) is 12.6 Å². The number of amides is 1. The Labute approximate surface area is 219 Å². The minimum Gasteiger partial charge on any atom is -0.459 e. The van der Waals surface area contributed by atoms with Gasteiger partial charge >= 0.3 is 12.1 Å². The summed E-state index contributed by atoms with van der Waals surface area (Å²) in [5.41, 5.74) is 7.48. The number of benzene rings is 2. The maximum absolute atomic E-state index is 12.4. The lowest BCUT2D eigenvalue weighted by atomic mass is 10.1. The number of hydrogen-bond acceptors (Lipinski definition) is 8. The second kappa shape index (κ2) is 11.0. The largest absolute Gasteiger partial charge is 0.459 e. The van der Waals surface area contributed by atoms with Gasteiger partial charge in [-0.15, -0.1) is 0 Å². The molecule has 0 spiro atoms. The van der Waals surface area contributed by atoms with Crippen LogP contribution >= 0.6 is 0 Å². The Kier molecular flexibility index (Phi) is 7.17. The Morgan fingerprint density at radius 2 is 1.95 bits per heavy atom. The number of aromatic nitrogens is 1. The van der Waals surface area contributed by atoms with Crippen LogP contribution in [0.1, 0.15) is 29.7 Å². The minimum atomic E-state index is -0.643. The van der Waals surface area contributed by atoms with Gasteiger partial charge in [0.25, 0.3) is 0 Å². The molecule has 1 fully saturated rings. The predicted molar refractivity (Wildman–Crippen MR) is 140 cm³/mol. The molecule has 1 unspecified atom stereocenters. The maximum atomic E-state index is 12.4. The zero-order chi connectivity index (χ0) is 26.5. The molecule has 3 aromatic rings. The summed E-state index contributed by atoms with van der Waals surface area (Å²) in [5, 5.41) is 15.9. The number of nitriles is 1. The van der Waals surface area contributed by atoms with Crippen molar-refractivity contribution in [3.05, 3.63) is 83.2 Å². The lowest BCUT2D eigenvalue weighted by molar-refractivity contribution is -0.142. The van der Waals surface area contributed by atoms with Gasteiger partial charge in [0.1, 0.15) is 24.2 Å². The van der Waals surface area contributed by atoms with Gasteiger partial charge in [-0.3, -0.25) is 14.8 Å². The normalized spacial score (nSPS) is 16.1. The van der Waals surface area contributed by atoms with Gasteiger partial charge in [-0.05, 0) is 43.2 Å². The van der Waals surface area contributed by atoms with Gasteiger partial charge in [-0.25, -0.2) is 4.79 Å². The Balaban J connectivity index is 1.24. The van der Waals surface area contributed by atoms with Crippen LogP contribution in [0.2, 0.25) is 0 Å². The van der Waals surface area contributed by atoms with E-state index in [1.807, 2.05) is 61.5 Å². The minimum absolute atomic E-state index is 0.00288. The molecule has 1 atom stereocenters. The van der Waals surface area contributed by atoms with Crippen molar-refractivity contribution in [1.82, 2.24) is 9.99 Å². The van der Waals surface area contributed by atoms with Crippen LogP contribution in [0.3, 0.4) is 0 Å². The second-order valence-corrected chi connectivity index (χ2v) is 8.97. The van der Waals surface area contributed by atoms with E-state index >= 15 is 0 Å². The first-order chi connectivity index (χ1) is 18.5. The fraction of sp³-hybridized carbons (Fsp3) is 0.250. The topological polar surface area (TPSA) is 127 Å². The van der Waals surface area contributed by atoms with Crippen molar-refractivity contribution in [3.63, 3.8) is 0 Å². The fourth-order valence-electron chi connectivity index (χ4n) is 4.34. The fourth-order valence-corrected chi connectivity index (χ4v) is 4.34. The number of nitrogens with one attached hydrogen (secondary N) is 3. The van der Waals surface area contributed by atoms with Gasteiger partial charge in [0.2, 0.25) is 0 Å². The Morgan fingerprint density at radius 1 is 1.18 bits per heavy atom. The number of fused-ring (bicyclic) bond motifs is 1. The van der Waals surface area contributed by atoms with Crippen molar-refractivity contribution < 1.29 is 23.8 Å². The van der Waals surface area contributed by atoms with E-state index < -0.39 is 12.2 Å². The lowest BCUT2D eigenvalue weighted by Crippen LogP contribution is -2.29. The van der Waals surface area contributed by atoms with Gasteiger partial charge in [0, 0.05) is 18.5 Å². The molecule has 10 heteroatoms. The Bertz CT molecular complexity index is 1410. The van der Waals surface area contributed by atoms with Crippen LogP contribution in [0, 0.1) is 18.3 Å². The predicted octanol–water partition coefficient (Wildman–Crippen LogP) is 4.42. The summed E-state index contributed by atoms with van der Waals surface area (Å²) in [5.74, 6) is 1.22. The first-order valence-electron chi connectivity index (χ1n) is 12.3. The number of rotatable bonds is 8. The molecule has 0 saturated carbocycles. The molecular weight excluding hydrogens is 486 g/mol. The highest BCUT2D eigenvalue weighted by molar-refractivity contribution is 5.88. The molecule has 38 heavy (non-hydrogen) atoms. The molecule has 2 aliphatic rings. The highest BCUT2D eigenvalue weighted by Crippen LogP contribution is 2.31. The summed E-state index contributed by atoms with van der Waals surface area (Å²) < 4.78 is 18.0. The highest BCUT2D eigenvalue weighted by Gasteiger charge is 2.26. The first-order valence-corrected chi connectivity index (χ1v) is 12.3. The van der Waals surface area contributed by atoms with E-state index in [9.17, 15) is 14.9 Å². The van der Waals surface area contributed by atoms with Crippen molar-refractivity contribution in [2.45, 2.75) is 32.4 Å². The van der Waals surface area contributed by atoms with E-state index in [1.54, 1.807) is 10.9 Å². The molecule has 0 bridgehead atoms. The molecule has 194 valence electrons. The van der Waals surface area contributed by atoms with Crippen molar-refractivity contribution in [1.29, 1.82) is 5.26 Å². The molecule has 2 aromatic carbocycles. The van der Waals surface area contributed by atoms with Crippen LogP contribution in [0.15, 0.2) is 66.4 Å². The average Bonchev–Trinajstić information content (AvgIpc) is 3.49. The molecule has 10 nitrogen and oxygen atoms in total. The summed E-state index contributed by atoms with van der Waals surface area (Å²) in [4.78, 5) is 23.6. The third-order valence-corrected chi connectivity index (χ3v) is 6.34. The third-order valence-electron chi connectivity index (χ3n) is 6.34. The molecule has 1 saturated heterocycles. The van der Waals surface area contributed by atoms with Crippen LogP contribution in [-0.2, 0) is 20.8 Å². The van der Waals surface area contributed by atoms with E-state index in [0.29, 0.717) is 42.9 Å². The second-order valence-electron chi connectivity index (χ2n) is 8.97. The maximum Gasteiger partial charge on any atom is 0.411 e. The van der Waals surface area contributed by atoms with Crippen molar-refractivity contribution in [3.8, 4) is 17.6 Å². The Hall–Kier alpha value is -4.91. The molecule has 3 heterocycles. The lowest BCUT2D eigenvalue weighted by Gasteiger charge is -2.23. The summed E-state index contributed by atoms with van der Waals surface area (Å²) in [7, 11) is 0. The van der Waals surface area contributed by atoms with Gasteiger partial charge in [-0.1, -0.05) is 30.3 Å². The van der Waals surface area contributed by atoms with Crippen LogP contribution in [0.25, 0.3) is 5.70 Å². The van der Waals surface area contributed by atoms with Crippen LogP contribution < -0.4 is 20.8 Å². The summed E-state index contributed by atoms with van der Waals surface area (Å²) >= 11 is 0. The molecule has 1 amide bonds. The van der Waals surface area contributed by atoms with Crippen molar-refractivity contribution in [2.75, 3.05) is 23.9 Å². The molecule has 1 aromatic heterocycles. The van der Waals surface area contributed by atoms with Gasteiger partial charge in [-0.2, -0.15) is 5.26 Å². The number of ether oxygens (including phenoxy) is 3. The molecule has 2 aliphatic heterocycles. The Morgan fingerprint density at radius 3 is 2.66 bits per heavy atom. The SMILES string of the molecule is Cc1c(NC(=O)OCC2CCC(=O)O2)cn2c1C(NCc1ccc(Oc3ccccc3)cc1)=C(C#N)CN2. The van der Waals surface area contributed by atoms with Crippen molar-refractivity contribution >= 4 is 23.4 Å². The molecule has 0 aliphatic carbocycles. The van der Waals surface area contributed by atoms with Gasteiger partial charge < -0.3 is 25.0 Å². The van der Waals surface area contributed by atoms with Crippen LogP contribution in [0.4, 0.5) is 10.5 Å². The van der Waals surface area contributed by atoms with E-state index in [1.165, 1.54) is 0 Å². The van der Waals surface area contributed by atoms with Crippen molar-refractivity contribution in [2.24, 2.45) is 0 Å². The number of anilines is 1. The van der Waals surface area contributed by atoms with E-state index in [4.69, 9.17) is 14.2 Å². The number of nitrogens with zero attached hydrogens (tertiary/aromatic N) is 2. The summed E-state index contributed by atoms with van der Waals surface area (Å²) in [6.07, 6.45) is 1.56. The molecule has 0 radical (unpaired) electrons. The summed E-state index contributed by atoms with van der Waals surface area (Å²) in [6.45, 7) is 2.69. The first kappa shape index (κ1) is 24.8. The summed E-state index contributed by atoms with van der Waals surface area (Å²) in [6, 6.07) is 19.6. The molecule has 5 rings (SSSR count). The number of esters is 1. The number of hydrogen-bond donors (Lipinski definition) is 3. The smallest absolute Gasteiger partial charge is 0.411 e. The van der Waals surface area contributed by atoms with E-state index in [0.717, 1.165) is 28.3 Å². The molecule has 3 N–H and O–H groups in total. The number of cyclic esters (lactones) is 1. The van der Waals surface area contributed by atoms with Gasteiger partial charge in [0.15, 0.2) is 0 Å². The molecular formula is C28H27N5O5. The quantitative estimate of drug-likeness (QED) is 0.378. The van der Waals surface area contributed by atoms with Crippen LogP contribution in [-0.4, -0.2) is 36.0 Å².